The van der Waals surface area contributed by atoms with Crippen molar-refractivity contribution in [3.8, 4) is 11.5 Å². The number of nitrogens with one attached hydrogen (secondary N) is 1. The molecule has 0 unspecified atom stereocenters. The van der Waals surface area contributed by atoms with Gasteiger partial charge in [0.1, 0.15) is 18.1 Å². The summed E-state index contributed by atoms with van der Waals surface area (Å²) in [6.07, 6.45) is 2.11. The zero-order chi connectivity index (χ0) is 23.8. The van der Waals surface area contributed by atoms with Crippen molar-refractivity contribution >= 4 is 21.7 Å². The molecule has 8 heteroatoms. The van der Waals surface area contributed by atoms with Crippen LogP contribution in [0.5, 0.6) is 11.5 Å². The first-order valence-corrected chi connectivity index (χ1v) is 12.1. The lowest BCUT2D eigenvalue weighted by Crippen LogP contribution is -2.14. The van der Waals surface area contributed by atoms with E-state index < -0.39 is 16.0 Å². The number of hydrogen-bond donors (Lipinski definition) is 2. The monoisotopic (exact) mass is 469 g/mol. The predicted molar refractivity (Wildman–Crippen MR) is 127 cm³/mol. The molecule has 0 saturated carbocycles. The summed E-state index contributed by atoms with van der Waals surface area (Å²) in [6, 6.07) is 18.2. The number of hydrogen-bond acceptors (Lipinski definition) is 5. The van der Waals surface area contributed by atoms with Gasteiger partial charge in [-0.1, -0.05) is 31.5 Å². The third kappa shape index (κ3) is 6.73. The molecule has 0 aliphatic heterocycles. The van der Waals surface area contributed by atoms with Crippen LogP contribution >= 0.6 is 0 Å². The molecular formula is C25H27NO6S. The number of carboxylic acids is 1. The van der Waals surface area contributed by atoms with Gasteiger partial charge in [0.2, 0.25) is 0 Å². The number of aromatic carboxylic acids is 1. The molecule has 7 nitrogen and oxygen atoms in total. The van der Waals surface area contributed by atoms with E-state index in [0.717, 1.165) is 30.2 Å². The lowest BCUT2D eigenvalue weighted by atomic mass is 10.1. The Balaban J connectivity index is 1.59. The molecule has 33 heavy (non-hydrogen) atoms. The minimum atomic E-state index is -3.93. The zero-order valence-corrected chi connectivity index (χ0v) is 19.4. The Morgan fingerprint density at radius 3 is 2.21 bits per heavy atom. The second kappa shape index (κ2) is 10.9. The van der Waals surface area contributed by atoms with E-state index in [0.29, 0.717) is 30.2 Å². The van der Waals surface area contributed by atoms with Crippen molar-refractivity contribution in [2.24, 2.45) is 0 Å². The van der Waals surface area contributed by atoms with Crippen LogP contribution in [0.1, 0.15) is 41.3 Å². The molecule has 0 aromatic heterocycles. The normalized spacial score (nSPS) is 11.1. The van der Waals surface area contributed by atoms with Crippen molar-refractivity contribution in [3.05, 3.63) is 83.4 Å². The molecule has 0 bridgehead atoms. The number of sulfonamides is 1. The lowest BCUT2D eigenvalue weighted by Gasteiger charge is -2.11. The molecular weight excluding hydrogens is 442 g/mol. The fraction of sp³-hybridized carbons (Fsp3) is 0.240. The van der Waals surface area contributed by atoms with Gasteiger partial charge in [-0.2, -0.15) is 0 Å². The minimum Gasteiger partial charge on any atom is -0.494 e. The average molecular weight is 470 g/mol. The van der Waals surface area contributed by atoms with Gasteiger partial charge in [-0.3, -0.25) is 4.72 Å². The van der Waals surface area contributed by atoms with E-state index in [1.54, 1.807) is 31.2 Å². The van der Waals surface area contributed by atoms with Crippen molar-refractivity contribution in [1.29, 1.82) is 0 Å². The summed E-state index contributed by atoms with van der Waals surface area (Å²) in [7, 11) is -3.93. The van der Waals surface area contributed by atoms with Crippen LogP contribution in [0.2, 0.25) is 0 Å². The van der Waals surface area contributed by atoms with Gasteiger partial charge in [0.05, 0.1) is 17.1 Å². The first-order valence-electron chi connectivity index (χ1n) is 10.6. The third-order valence-corrected chi connectivity index (χ3v) is 6.33. The van der Waals surface area contributed by atoms with Gasteiger partial charge in [-0.25, -0.2) is 13.2 Å². The standard InChI is InChI=1S/C25H27NO6S/c1-3-4-15-31-21-10-6-19(7-11-21)17-32-22-12-8-20(9-13-22)26-33(29,30)23-14-5-18(2)24(16-23)25(27)28/h5-14,16,26H,3-4,15,17H2,1-2H3,(H,27,28). The van der Waals surface area contributed by atoms with E-state index in [2.05, 4.69) is 11.6 Å². The van der Waals surface area contributed by atoms with E-state index in [1.165, 1.54) is 12.1 Å². The summed E-state index contributed by atoms with van der Waals surface area (Å²) in [5.74, 6) is 0.238. The van der Waals surface area contributed by atoms with E-state index in [1.807, 2.05) is 24.3 Å². The Morgan fingerprint density at radius 2 is 1.58 bits per heavy atom. The molecule has 0 spiro atoms. The molecule has 3 aromatic carbocycles. The predicted octanol–water partition coefficient (Wildman–Crippen LogP) is 5.25. The molecule has 0 heterocycles. The Bertz CT molecular complexity index is 1190. The zero-order valence-electron chi connectivity index (χ0n) is 18.6. The van der Waals surface area contributed by atoms with Gasteiger partial charge in [-0.15, -0.1) is 0 Å². The third-order valence-electron chi connectivity index (χ3n) is 4.95. The summed E-state index contributed by atoms with van der Waals surface area (Å²) >= 11 is 0. The molecule has 0 aliphatic carbocycles. The number of benzene rings is 3. The molecule has 0 fully saturated rings. The van der Waals surface area contributed by atoms with Crippen LogP contribution in [0.25, 0.3) is 0 Å². The molecule has 0 radical (unpaired) electrons. The maximum atomic E-state index is 12.6. The number of carbonyl (C=O) groups is 1. The molecule has 0 aliphatic rings. The maximum absolute atomic E-state index is 12.6. The van der Waals surface area contributed by atoms with Crippen molar-refractivity contribution in [3.63, 3.8) is 0 Å². The fourth-order valence-corrected chi connectivity index (χ4v) is 4.10. The van der Waals surface area contributed by atoms with E-state index in [4.69, 9.17) is 9.47 Å². The van der Waals surface area contributed by atoms with Crippen LogP contribution < -0.4 is 14.2 Å². The second-order valence-electron chi connectivity index (χ2n) is 7.55. The molecule has 0 saturated heterocycles. The van der Waals surface area contributed by atoms with Crippen LogP contribution in [0.15, 0.2) is 71.6 Å². The summed E-state index contributed by atoms with van der Waals surface area (Å²) in [6.45, 7) is 4.79. The van der Waals surface area contributed by atoms with Crippen LogP contribution in [0, 0.1) is 6.92 Å². The van der Waals surface area contributed by atoms with Crippen LogP contribution in [-0.2, 0) is 16.6 Å². The summed E-state index contributed by atoms with van der Waals surface area (Å²) in [4.78, 5) is 11.2. The van der Waals surface area contributed by atoms with Gasteiger partial charge >= 0.3 is 5.97 Å². The topological polar surface area (TPSA) is 102 Å². The highest BCUT2D eigenvalue weighted by Gasteiger charge is 2.18. The van der Waals surface area contributed by atoms with Crippen LogP contribution in [0.4, 0.5) is 5.69 Å². The largest absolute Gasteiger partial charge is 0.494 e. The van der Waals surface area contributed by atoms with Crippen LogP contribution in [-0.4, -0.2) is 26.1 Å². The highest BCUT2D eigenvalue weighted by atomic mass is 32.2. The van der Waals surface area contributed by atoms with E-state index in [-0.39, 0.29) is 10.5 Å². The lowest BCUT2D eigenvalue weighted by molar-refractivity contribution is 0.0696. The molecule has 0 atom stereocenters. The van der Waals surface area contributed by atoms with Gasteiger partial charge in [-0.05, 0) is 73.0 Å². The van der Waals surface area contributed by atoms with Crippen LogP contribution in [0.3, 0.4) is 0 Å². The number of unbranched alkanes of at least 4 members (excludes halogenated alkanes) is 1. The van der Waals surface area contributed by atoms with Gasteiger partial charge < -0.3 is 14.6 Å². The Kier molecular flexibility index (Phi) is 7.95. The number of aryl methyl sites for hydroxylation is 1. The fourth-order valence-electron chi connectivity index (χ4n) is 3.01. The first kappa shape index (κ1) is 24.1. The van der Waals surface area contributed by atoms with Crippen molar-refractivity contribution in [2.75, 3.05) is 11.3 Å². The quantitative estimate of drug-likeness (QED) is 0.372. The second-order valence-corrected chi connectivity index (χ2v) is 9.23. The maximum Gasteiger partial charge on any atom is 0.335 e. The van der Waals surface area contributed by atoms with Crippen molar-refractivity contribution in [1.82, 2.24) is 0 Å². The average Bonchev–Trinajstić information content (AvgIpc) is 2.79. The minimum absolute atomic E-state index is 0.0535. The molecule has 174 valence electrons. The molecule has 3 aromatic rings. The number of anilines is 1. The summed E-state index contributed by atoms with van der Waals surface area (Å²) in [5.41, 5.74) is 1.76. The van der Waals surface area contributed by atoms with Crippen molar-refractivity contribution < 1.29 is 27.8 Å². The SMILES string of the molecule is CCCCOc1ccc(COc2ccc(NS(=O)(=O)c3ccc(C)c(C(=O)O)c3)cc2)cc1. The Hall–Kier alpha value is -3.52. The molecule has 0 amide bonds. The molecule has 2 N–H and O–H groups in total. The highest BCUT2D eigenvalue weighted by molar-refractivity contribution is 7.92. The highest BCUT2D eigenvalue weighted by Crippen LogP contribution is 2.22. The van der Waals surface area contributed by atoms with Gasteiger partial charge in [0.25, 0.3) is 10.0 Å². The Morgan fingerprint density at radius 1 is 0.939 bits per heavy atom. The Labute approximate surface area is 194 Å². The van der Waals surface area contributed by atoms with Crippen molar-refractivity contribution in [2.45, 2.75) is 38.2 Å². The van der Waals surface area contributed by atoms with E-state index in [9.17, 15) is 18.3 Å². The number of rotatable bonds is 11. The van der Waals surface area contributed by atoms with Gasteiger partial charge in [0.15, 0.2) is 0 Å². The number of ether oxygens (including phenoxy) is 2. The number of carboxylic acid groups (broad SMARTS) is 1. The smallest absolute Gasteiger partial charge is 0.335 e. The van der Waals surface area contributed by atoms with E-state index >= 15 is 0 Å². The summed E-state index contributed by atoms with van der Waals surface area (Å²) in [5, 5.41) is 9.23. The molecule has 3 rings (SSSR count). The van der Waals surface area contributed by atoms with Gasteiger partial charge in [0, 0.05) is 5.69 Å². The summed E-state index contributed by atoms with van der Waals surface area (Å²) < 4.78 is 39.2. The first-order chi connectivity index (χ1) is 15.8.